The molecule has 0 radical (unpaired) electrons. The monoisotopic (exact) mass is 269 g/mol. The summed E-state index contributed by atoms with van der Waals surface area (Å²) in [6.45, 7) is 9.05. The second-order valence-electron chi connectivity index (χ2n) is 6.07. The summed E-state index contributed by atoms with van der Waals surface area (Å²) in [7, 11) is 0. The summed E-state index contributed by atoms with van der Waals surface area (Å²) in [4.78, 5) is 0. The average Bonchev–Trinajstić information content (AvgIpc) is 2.24. The van der Waals surface area contributed by atoms with Crippen molar-refractivity contribution in [2.24, 2.45) is 5.41 Å². The van der Waals surface area contributed by atoms with Gasteiger partial charge >= 0.3 is 0 Å². The Balaban J connectivity index is 2.47. The topological polar surface area (TPSA) is 32.3 Å². The largest absolute Gasteiger partial charge is 0.392 e. The van der Waals surface area contributed by atoms with E-state index in [-0.39, 0.29) is 17.6 Å². The standard InChI is InChI=1S/C15H24ClNO/c1-11(13-7-5-6-8-14(13)16)17-10-12(18)9-15(2,3)4/h5-8,11-12,17-18H,9-10H2,1-4H3. The van der Waals surface area contributed by atoms with Crippen molar-refractivity contribution >= 4 is 11.6 Å². The molecule has 0 heterocycles. The molecule has 0 aliphatic rings. The van der Waals surface area contributed by atoms with Gasteiger partial charge in [-0.25, -0.2) is 0 Å². The first-order valence-corrected chi connectivity index (χ1v) is 6.83. The number of aliphatic hydroxyl groups is 1. The Morgan fingerprint density at radius 3 is 2.44 bits per heavy atom. The Kier molecular flexibility index (Phi) is 5.64. The Morgan fingerprint density at radius 2 is 1.89 bits per heavy atom. The van der Waals surface area contributed by atoms with Crippen LogP contribution in [-0.4, -0.2) is 17.8 Å². The molecular weight excluding hydrogens is 246 g/mol. The van der Waals surface area contributed by atoms with Gasteiger partial charge in [-0.15, -0.1) is 0 Å². The molecule has 0 spiro atoms. The summed E-state index contributed by atoms with van der Waals surface area (Å²) < 4.78 is 0. The van der Waals surface area contributed by atoms with Crippen molar-refractivity contribution in [2.75, 3.05) is 6.54 Å². The molecule has 102 valence electrons. The summed E-state index contributed by atoms with van der Waals surface area (Å²) >= 11 is 6.14. The number of nitrogens with one attached hydrogen (secondary N) is 1. The van der Waals surface area contributed by atoms with Gasteiger partial charge < -0.3 is 10.4 Å². The first kappa shape index (κ1) is 15.5. The molecule has 0 aliphatic carbocycles. The molecule has 2 nitrogen and oxygen atoms in total. The third-order valence-electron chi connectivity index (χ3n) is 2.88. The number of halogens is 1. The van der Waals surface area contributed by atoms with Crippen molar-refractivity contribution < 1.29 is 5.11 Å². The fourth-order valence-corrected chi connectivity index (χ4v) is 2.33. The fourth-order valence-electron chi connectivity index (χ4n) is 2.03. The van der Waals surface area contributed by atoms with Gasteiger partial charge in [-0.1, -0.05) is 50.6 Å². The molecule has 0 amide bonds. The number of hydrogen-bond acceptors (Lipinski definition) is 2. The van der Waals surface area contributed by atoms with E-state index in [0.29, 0.717) is 6.54 Å². The highest BCUT2D eigenvalue weighted by atomic mass is 35.5. The van der Waals surface area contributed by atoms with Crippen LogP contribution in [0.25, 0.3) is 0 Å². The van der Waals surface area contributed by atoms with Gasteiger partial charge in [0.15, 0.2) is 0 Å². The maximum Gasteiger partial charge on any atom is 0.0669 e. The van der Waals surface area contributed by atoms with Crippen LogP contribution in [0, 0.1) is 5.41 Å². The Labute approximate surface area is 115 Å². The minimum Gasteiger partial charge on any atom is -0.392 e. The fraction of sp³-hybridized carbons (Fsp3) is 0.600. The molecule has 0 aromatic heterocycles. The Morgan fingerprint density at radius 1 is 1.28 bits per heavy atom. The van der Waals surface area contributed by atoms with E-state index in [9.17, 15) is 5.11 Å². The molecule has 1 aromatic carbocycles. The zero-order valence-electron chi connectivity index (χ0n) is 11.7. The molecule has 2 atom stereocenters. The van der Waals surface area contributed by atoms with Gasteiger partial charge in [-0.05, 0) is 30.4 Å². The molecule has 0 saturated carbocycles. The smallest absolute Gasteiger partial charge is 0.0669 e. The van der Waals surface area contributed by atoms with Crippen molar-refractivity contribution in [2.45, 2.75) is 46.3 Å². The van der Waals surface area contributed by atoms with Crippen LogP contribution in [0.15, 0.2) is 24.3 Å². The number of aliphatic hydroxyl groups excluding tert-OH is 1. The van der Waals surface area contributed by atoms with E-state index in [0.717, 1.165) is 17.0 Å². The summed E-state index contributed by atoms with van der Waals surface area (Å²) in [5, 5.41) is 14.0. The number of rotatable bonds is 5. The highest BCUT2D eigenvalue weighted by molar-refractivity contribution is 6.31. The van der Waals surface area contributed by atoms with Crippen LogP contribution in [0.1, 0.15) is 45.7 Å². The van der Waals surface area contributed by atoms with E-state index in [1.54, 1.807) is 0 Å². The van der Waals surface area contributed by atoms with Crippen molar-refractivity contribution in [1.29, 1.82) is 0 Å². The SMILES string of the molecule is CC(NCC(O)CC(C)(C)C)c1ccccc1Cl. The van der Waals surface area contributed by atoms with Crippen LogP contribution in [0.3, 0.4) is 0 Å². The molecule has 1 rings (SSSR count). The highest BCUT2D eigenvalue weighted by Gasteiger charge is 2.17. The van der Waals surface area contributed by atoms with Crippen LogP contribution in [0.5, 0.6) is 0 Å². The Hall–Kier alpha value is -0.570. The lowest BCUT2D eigenvalue weighted by molar-refractivity contribution is 0.117. The lowest BCUT2D eigenvalue weighted by atomic mass is 9.89. The van der Waals surface area contributed by atoms with E-state index >= 15 is 0 Å². The van der Waals surface area contributed by atoms with E-state index < -0.39 is 0 Å². The zero-order chi connectivity index (χ0) is 13.8. The third-order valence-corrected chi connectivity index (χ3v) is 3.22. The summed E-state index contributed by atoms with van der Waals surface area (Å²) in [5.74, 6) is 0. The van der Waals surface area contributed by atoms with Crippen molar-refractivity contribution in [3.8, 4) is 0 Å². The first-order valence-electron chi connectivity index (χ1n) is 6.45. The molecule has 3 heteroatoms. The molecule has 1 aromatic rings. The molecule has 2 N–H and O–H groups in total. The summed E-state index contributed by atoms with van der Waals surface area (Å²) in [6.07, 6.45) is 0.463. The lowest BCUT2D eigenvalue weighted by Crippen LogP contribution is -2.31. The van der Waals surface area contributed by atoms with Crippen molar-refractivity contribution in [3.63, 3.8) is 0 Å². The molecule has 0 aliphatic heterocycles. The predicted octanol–water partition coefficient (Wildman–Crippen LogP) is 3.79. The minimum atomic E-state index is -0.324. The van der Waals surface area contributed by atoms with Crippen LogP contribution in [0.4, 0.5) is 0 Å². The third kappa shape index (κ3) is 5.38. The van der Waals surface area contributed by atoms with E-state index in [1.165, 1.54) is 0 Å². The highest BCUT2D eigenvalue weighted by Crippen LogP contribution is 2.23. The minimum absolute atomic E-state index is 0.147. The van der Waals surface area contributed by atoms with Gasteiger partial charge in [0, 0.05) is 17.6 Å². The van der Waals surface area contributed by atoms with Crippen molar-refractivity contribution in [3.05, 3.63) is 34.9 Å². The maximum atomic E-state index is 9.95. The summed E-state index contributed by atoms with van der Waals surface area (Å²) in [5.41, 5.74) is 1.22. The molecular formula is C15H24ClNO. The second kappa shape index (κ2) is 6.55. The van der Waals surface area contributed by atoms with E-state index in [2.05, 4.69) is 33.0 Å². The molecule has 18 heavy (non-hydrogen) atoms. The van der Waals surface area contributed by atoms with Crippen LogP contribution < -0.4 is 5.32 Å². The summed E-state index contributed by atoms with van der Waals surface area (Å²) in [6, 6.07) is 7.95. The van der Waals surface area contributed by atoms with Gasteiger partial charge in [0.2, 0.25) is 0 Å². The molecule has 0 bridgehead atoms. The Bertz CT molecular complexity index is 373. The van der Waals surface area contributed by atoms with Gasteiger partial charge in [0.1, 0.15) is 0 Å². The maximum absolute atomic E-state index is 9.95. The van der Waals surface area contributed by atoms with Gasteiger partial charge in [0.25, 0.3) is 0 Å². The molecule has 0 fully saturated rings. The van der Waals surface area contributed by atoms with Crippen LogP contribution in [-0.2, 0) is 0 Å². The first-order chi connectivity index (χ1) is 8.29. The normalized spacial score (nSPS) is 15.4. The lowest BCUT2D eigenvalue weighted by Gasteiger charge is -2.24. The second-order valence-corrected chi connectivity index (χ2v) is 6.48. The van der Waals surface area contributed by atoms with Crippen LogP contribution >= 0.6 is 11.6 Å². The van der Waals surface area contributed by atoms with Gasteiger partial charge in [-0.3, -0.25) is 0 Å². The number of hydrogen-bond donors (Lipinski definition) is 2. The molecule has 2 unspecified atom stereocenters. The number of benzene rings is 1. The quantitative estimate of drug-likeness (QED) is 0.852. The van der Waals surface area contributed by atoms with Gasteiger partial charge in [0.05, 0.1) is 6.10 Å². The zero-order valence-corrected chi connectivity index (χ0v) is 12.5. The van der Waals surface area contributed by atoms with Gasteiger partial charge in [-0.2, -0.15) is 0 Å². The predicted molar refractivity (Wildman–Crippen MR) is 77.9 cm³/mol. The van der Waals surface area contributed by atoms with E-state index in [1.807, 2.05) is 24.3 Å². The molecule has 0 saturated heterocycles. The van der Waals surface area contributed by atoms with Crippen LogP contribution in [0.2, 0.25) is 5.02 Å². The average molecular weight is 270 g/mol. The van der Waals surface area contributed by atoms with E-state index in [4.69, 9.17) is 11.6 Å². The van der Waals surface area contributed by atoms with Crippen molar-refractivity contribution in [1.82, 2.24) is 5.32 Å².